The Morgan fingerprint density at radius 3 is 2.24 bits per heavy atom. The maximum absolute atomic E-state index is 12.7. The zero-order chi connectivity index (χ0) is 31.0. The topological polar surface area (TPSA) is 126 Å². The number of imide groups is 1. The number of nitrogens with zero attached hydrogens (tertiary/aromatic N) is 4. The Balaban J connectivity index is 0.000000260. The first-order valence-corrected chi connectivity index (χ1v) is 15.6. The van der Waals surface area contributed by atoms with Gasteiger partial charge >= 0.3 is 5.97 Å². The van der Waals surface area contributed by atoms with E-state index >= 15 is 0 Å². The van der Waals surface area contributed by atoms with Crippen LogP contribution in [0.25, 0.3) is 6.08 Å². The number of thioether (sulfide) groups is 1. The van der Waals surface area contributed by atoms with Crippen molar-refractivity contribution in [3.05, 3.63) is 45.0 Å². The second-order valence-electron chi connectivity index (χ2n) is 10.4. The van der Waals surface area contributed by atoms with E-state index in [2.05, 4.69) is 46.4 Å². The number of amides is 2. The van der Waals surface area contributed by atoms with Gasteiger partial charge in [-0.25, -0.2) is 9.69 Å². The van der Waals surface area contributed by atoms with Crippen LogP contribution in [0.1, 0.15) is 65.9 Å². The minimum absolute atomic E-state index is 0.0550. The Bertz CT molecular complexity index is 1380. The van der Waals surface area contributed by atoms with Gasteiger partial charge in [-0.3, -0.25) is 9.59 Å². The van der Waals surface area contributed by atoms with E-state index in [4.69, 9.17) is 27.9 Å². The highest BCUT2D eigenvalue weighted by molar-refractivity contribution is 7.98. The van der Waals surface area contributed by atoms with Crippen molar-refractivity contribution in [1.82, 2.24) is 15.0 Å². The molecule has 0 bridgehead atoms. The lowest BCUT2D eigenvalue weighted by Gasteiger charge is -2.20. The summed E-state index contributed by atoms with van der Waals surface area (Å²) in [5.41, 5.74) is 1.99. The maximum Gasteiger partial charge on any atom is 0.349 e. The van der Waals surface area contributed by atoms with Gasteiger partial charge < -0.3 is 15.4 Å². The van der Waals surface area contributed by atoms with Gasteiger partial charge in [-0.1, -0.05) is 35.0 Å². The third-order valence-corrected chi connectivity index (χ3v) is 7.16. The molecule has 1 aliphatic carbocycles. The van der Waals surface area contributed by atoms with Crippen molar-refractivity contribution in [2.75, 3.05) is 34.9 Å². The monoisotopic (exact) mass is 634 g/mol. The van der Waals surface area contributed by atoms with E-state index in [0.29, 0.717) is 52.2 Å². The molecule has 226 valence electrons. The smallest absolute Gasteiger partial charge is 0.349 e. The average Bonchev–Trinajstić information content (AvgIpc) is 3.19. The molecule has 0 saturated carbocycles. The molecule has 2 amide bonds. The molecular formula is C29H36Cl2N6O4S. The third kappa shape index (κ3) is 8.68. The zero-order valence-electron chi connectivity index (χ0n) is 24.6. The van der Waals surface area contributed by atoms with Gasteiger partial charge in [0.25, 0.3) is 11.8 Å². The van der Waals surface area contributed by atoms with Crippen molar-refractivity contribution >= 4 is 76.4 Å². The van der Waals surface area contributed by atoms with Crippen LogP contribution in [0.2, 0.25) is 5.02 Å². The first-order chi connectivity index (χ1) is 19.9. The Morgan fingerprint density at radius 1 is 1.07 bits per heavy atom. The summed E-state index contributed by atoms with van der Waals surface area (Å²) in [5.74, 6) is 0.00868. The number of anilines is 3. The number of carbonyl (C=O) groups is 3. The molecule has 4 rings (SSSR count). The van der Waals surface area contributed by atoms with Gasteiger partial charge in [0, 0.05) is 28.3 Å². The zero-order valence-corrected chi connectivity index (χ0v) is 27.0. The van der Waals surface area contributed by atoms with Crippen molar-refractivity contribution in [2.45, 2.75) is 71.0 Å². The summed E-state index contributed by atoms with van der Waals surface area (Å²) in [7, 11) is 0. The van der Waals surface area contributed by atoms with E-state index in [9.17, 15) is 14.4 Å². The normalized spacial score (nSPS) is 15.2. The second-order valence-corrected chi connectivity index (χ2v) is 12.0. The molecule has 42 heavy (non-hydrogen) atoms. The lowest BCUT2D eigenvalue weighted by Crippen LogP contribution is -2.31. The minimum atomic E-state index is -0.666. The molecule has 1 aliphatic heterocycles. The highest BCUT2D eigenvalue weighted by Crippen LogP contribution is 2.37. The summed E-state index contributed by atoms with van der Waals surface area (Å²) in [6.45, 7) is 10.9. The quantitative estimate of drug-likeness (QED) is 0.144. The van der Waals surface area contributed by atoms with E-state index in [1.54, 1.807) is 25.1 Å². The van der Waals surface area contributed by atoms with Crippen LogP contribution < -0.4 is 15.5 Å². The number of nitrogens with one attached hydrogen (secondary N) is 2. The van der Waals surface area contributed by atoms with E-state index < -0.39 is 5.97 Å². The molecule has 2 aliphatic rings. The van der Waals surface area contributed by atoms with Crippen molar-refractivity contribution < 1.29 is 19.1 Å². The number of carbonyl (C=O) groups excluding carboxylic acids is 3. The Labute approximate surface area is 260 Å². The van der Waals surface area contributed by atoms with Crippen LogP contribution in [0.15, 0.2) is 39.5 Å². The van der Waals surface area contributed by atoms with E-state index in [1.165, 1.54) is 22.7 Å². The summed E-state index contributed by atoms with van der Waals surface area (Å²) in [5, 5.41) is 7.26. The molecule has 0 saturated heterocycles. The SMILES string of the molecule is CCNc1nc(NC(C)(C)C)nc(SC)n1.CCOC(=O)/C(Cl)=C/c1cc(N2C(=O)C3=C(CCCC3)C2=O)ccc1Cl. The molecule has 0 atom stereocenters. The van der Waals surface area contributed by atoms with E-state index in [1.807, 2.05) is 13.2 Å². The number of aromatic nitrogens is 3. The highest BCUT2D eigenvalue weighted by Gasteiger charge is 2.39. The van der Waals surface area contributed by atoms with Crippen molar-refractivity contribution in [3.63, 3.8) is 0 Å². The molecule has 1 aromatic heterocycles. The maximum atomic E-state index is 12.7. The molecule has 0 unspecified atom stereocenters. The first-order valence-electron chi connectivity index (χ1n) is 13.6. The fourth-order valence-electron chi connectivity index (χ4n) is 4.23. The molecule has 2 aromatic rings. The van der Waals surface area contributed by atoms with Crippen LogP contribution in [0.3, 0.4) is 0 Å². The molecule has 0 radical (unpaired) electrons. The van der Waals surface area contributed by atoms with Crippen molar-refractivity contribution in [3.8, 4) is 0 Å². The van der Waals surface area contributed by atoms with Gasteiger partial charge in [-0.05, 0) is 96.4 Å². The number of hydrogen-bond acceptors (Lipinski definition) is 10. The van der Waals surface area contributed by atoms with Gasteiger partial charge in [0.15, 0.2) is 5.16 Å². The molecule has 2 N–H and O–H groups in total. The number of rotatable bonds is 8. The number of hydrogen-bond donors (Lipinski definition) is 2. The molecule has 0 fully saturated rings. The van der Waals surface area contributed by atoms with Crippen LogP contribution in [-0.2, 0) is 19.1 Å². The third-order valence-electron chi connectivity index (χ3n) is 6.00. The van der Waals surface area contributed by atoms with Gasteiger partial charge in [-0.2, -0.15) is 15.0 Å². The van der Waals surface area contributed by atoms with Crippen LogP contribution >= 0.6 is 35.0 Å². The molecule has 1 aromatic carbocycles. The Morgan fingerprint density at radius 2 is 1.69 bits per heavy atom. The first kappa shape index (κ1) is 33.4. The summed E-state index contributed by atoms with van der Waals surface area (Å²) < 4.78 is 4.84. The fourth-order valence-corrected chi connectivity index (χ4v) is 4.93. The number of benzene rings is 1. The van der Waals surface area contributed by atoms with Gasteiger partial charge in [-0.15, -0.1) is 0 Å². The van der Waals surface area contributed by atoms with Gasteiger partial charge in [0.1, 0.15) is 5.03 Å². The molecule has 0 spiro atoms. The summed E-state index contributed by atoms with van der Waals surface area (Å²) in [6.07, 6.45) is 6.40. The van der Waals surface area contributed by atoms with Gasteiger partial charge in [0.2, 0.25) is 11.9 Å². The van der Waals surface area contributed by atoms with Gasteiger partial charge in [0.05, 0.1) is 12.3 Å². The summed E-state index contributed by atoms with van der Waals surface area (Å²) in [6, 6.07) is 4.74. The lowest BCUT2D eigenvalue weighted by molar-refractivity contribution is -0.137. The number of ether oxygens (including phenoxy) is 1. The number of esters is 1. The van der Waals surface area contributed by atoms with Crippen molar-refractivity contribution in [2.24, 2.45) is 0 Å². The largest absolute Gasteiger partial charge is 0.462 e. The van der Waals surface area contributed by atoms with E-state index in [-0.39, 0.29) is 29.0 Å². The summed E-state index contributed by atoms with van der Waals surface area (Å²) in [4.78, 5) is 51.0. The van der Waals surface area contributed by atoms with E-state index in [0.717, 1.165) is 24.5 Å². The highest BCUT2D eigenvalue weighted by atomic mass is 35.5. The Hall–Kier alpha value is -3.15. The average molecular weight is 636 g/mol. The molecule has 2 heterocycles. The molecular weight excluding hydrogens is 599 g/mol. The minimum Gasteiger partial charge on any atom is -0.462 e. The second kappa shape index (κ2) is 14.8. The predicted octanol–water partition coefficient (Wildman–Crippen LogP) is 6.46. The molecule has 13 heteroatoms. The fraction of sp³-hybridized carbons (Fsp3) is 0.448. The standard InChI is InChI=1S/C19H17Cl2NO4.C10H19N5S/c1-2-26-19(25)16(21)10-11-9-12(7-8-15(11)20)22-17(23)13-5-3-4-6-14(13)18(22)24;1-6-11-7-12-8(15-10(2,3)4)14-9(13-7)16-5/h7-10H,2-6H2,1H3;6H2,1-5H3,(H2,11,12,13,14,15)/b16-10-;. The van der Waals surface area contributed by atoms with Crippen LogP contribution in [0.5, 0.6) is 0 Å². The molecule has 10 nitrogen and oxygen atoms in total. The van der Waals surface area contributed by atoms with Crippen LogP contribution in [-0.4, -0.2) is 57.7 Å². The van der Waals surface area contributed by atoms with Crippen LogP contribution in [0, 0.1) is 0 Å². The van der Waals surface area contributed by atoms with Crippen molar-refractivity contribution in [1.29, 1.82) is 0 Å². The summed E-state index contributed by atoms with van der Waals surface area (Å²) >= 11 is 13.6. The predicted molar refractivity (Wildman–Crippen MR) is 169 cm³/mol. The lowest BCUT2D eigenvalue weighted by atomic mass is 9.93. The Kier molecular flexibility index (Phi) is 11.8. The number of halogens is 2. The van der Waals surface area contributed by atoms with Crippen LogP contribution in [0.4, 0.5) is 17.6 Å².